The molecule has 1 aromatic carbocycles. The van der Waals surface area contributed by atoms with Gasteiger partial charge in [0.05, 0.1) is 13.2 Å². The Morgan fingerprint density at radius 2 is 1.90 bits per heavy atom. The van der Waals surface area contributed by atoms with Gasteiger partial charge in [-0.3, -0.25) is 9.69 Å². The first kappa shape index (κ1) is 13.4. The van der Waals surface area contributed by atoms with Crippen molar-refractivity contribution in [3.8, 4) is 5.75 Å². The first-order chi connectivity index (χ1) is 9.72. The SMILES string of the molecule is O=C(O)CN1CCN(CC2COc3ccccc32)CC1. The third kappa shape index (κ3) is 2.94. The van der Waals surface area contributed by atoms with Crippen LogP contribution in [0.4, 0.5) is 0 Å². The fourth-order valence-corrected chi connectivity index (χ4v) is 3.01. The minimum atomic E-state index is -0.739. The van der Waals surface area contributed by atoms with Crippen molar-refractivity contribution in [3.05, 3.63) is 29.8 Å². The third-order valence-corrected chi connectivity index (χ3v) is 4.10. The lowest BCUT2D eigenvalue weighted by Gasteiger charge is -2.34. The Morgan fingerprint density at radius 3 is 2.65 bits per heavy atom. The second-order valence-corrected chi connectivity index (χ2v) is 5.52. The Morgan fingerprint density at radius 1 is 1.20 bits per heavy atom. The molecule has 1 unspecified atom stereocenters. The number of piperazine rings is 1. The van der Waals surface area contributed by atoms with Crippen LogP contribution in [0.1, 0.15) is 11.5 Å². The number of hydrogen-bond donors (Lipinski definition) is 1. The molecule has 5 heteroatoms. The molecule has 20 heavy (non-hydrogen) atoms. The quantitative estimate of drug-likeness (QED) is 0.884. The van der Waals surface area contributed by atoms with E-state index in [0.29, 0.717) is 5.92 Å². The van der Waals surface area contributed by atoms with Gasteiger partial charge in [0, 0.05) is 44.2 Å². The lowest BCUT2D eigenvalue weighted by Crippen LogP contribution is -2.48. The van der Waals surface area contributed by atoms with Crippen LogP contribution in [0.2, 0.25) is 0 Å². The topological polar surface area (TPSA) is 53.0 Å². The highest BCUT2D eigenvalue weighted by Gasteiger charge is 2.27. The van der Waals surface area contributed by atoms with Crippen LogP contribution in [0.5, 0.6) is 5.75 Å². The average Bonchev–Trinajstić information content (AvgIpc) is 2.84. The maximum Gasteiger partial charge on any atom is 0.317 e. The van der Waals surface area contributed by atoms with Gasteiger partial charge in [0.25, 0.3) is 0 Å². The van der Waals surface area contributed by atoms with Gasteiger partial charge in [-0.05, 0) is 6.07 Å². The lowest BCUT2D eigenvalue weighted by molar-refractivity contribution is -0.138. The average molecular weight is 276 g/mol. The molecule has 1 atom stereocenters. The minimum Gasteiger partial charge on any atom is -0.493 e. The molecule has 1 fully saturated rings. The number of para-hydroxylation sites is 1. The fraction of sp³-hybridized carbons (Fsp3) is 0.533. The van der Waals surface area contributed by atoms with Crippen molar-refractivity contribution < 1.29 is 14.6 Å². The van der Waals surface area contributed by atoms with E-state index in [1.807, 2.05) is 17.0 Å². The Kier molecular flexibility index (Phi) is 3.89. The van der Waals surface area contributed by atoms with Crippen molar-refractivity contribution in [2.24, 2.45) is 0 Å². The summed E-state index contributed by atoms with van der Waals surface area (Å²) in [6.07, 6.45) is 0. The molecular formula is C15H20N2O3. The highest BCUT2D eigenvalue weighted by molar-refractivity contribution is 5.69. The highest BCUT2D eigenvalue weighted by Crippen LogP contribution is 2.33. The van der Waals surface area contributed by atoms with Gasteiger partial charge in [-0.15, -0.1) is 0 Å². The number of carboxylic acids is 1. The number of rotatable bonds is 4. The second kappa shape index (κ2) is 5.81. The van der Waals surface area contributed by atoms with Gasteiger partial charge in [-0.25, -0.2) is 0 Å². The molecule has 0 aliphatic carbocycles. The summed E-state index contributed by atoms with van der Waals surface area (Å²) in [5.41, 5.74) is 1.31. The van der Waals surface area contributed by atoms with E-state index in [1.165, 1.54) is 5.56 Å². The molecule has 1 N–H and O–H groups in total. The highest BCUT2D eigenvalue weighted by atomic mass is 16.5. The number of aliphatic carboxylic acids is 1. The zero-order chi connectivity index (χ0) is 13.9. The van der Waals surface area contributed by atoms with Crippen LogP contribution >= 0.6 is 0 Å². The number of carbonyl (C=O) groups is 1. The minimum absolute atomic E-state index is 0.156. The van der Waals surface area contributed by atoms with Gasteiger partial charge in [0.2, 0.25) is 0 Å². The molecule has 108 valence electrons. The molecule has 2 aliphatic rings. The van der Waals surface area contributed by atoms with Gasteiger partial charge in [-0.1, -0.05) is 18.2 Å². The molecule has 1 saturated heterocycles. The number of ether oxygens (including phenoxy) is 1. The van der Waals surface area contributed by atoms with E-state index < -0.39 is 5.97 Å². The fourth-order valence-electron chi connectivity index (χ4n) is 3.01. The van der Waals surface area contributed by atoms with E-state index in [9.17, 15) is 4.79 Å². The zero-order valence-corrected chi connectivity index (χ0v) is 11.5. The van der Waals surface area contributed by atoms with E-state index in [0.717, 1.165) is 45.1 Å². The first-order valence-electron chi connectivity index (χ1n) is 7.10. The van der Waals surface area contributed by atoms with Crippen molar-refractivity contribution in [3.63, 3.8) is 0 Å². The zero-order valence-electron chi connectivity index (χ0n) is 11.5. The van der Waals surface area contributed by atoms with Crippen LogP contribution in [0.15, 0.2) is 24.3 Å². The Hall–Kier alpha value is -1.59. The number of benzene rings is 1. The monoisotopic (exact) mass is 276 g/mol. The normalized spacial score (nSPS) is 23.3. The van der Waals surface area contributed by atoms with Gasteiger partial charge < -0.3 is 14.7 Å². The third-order valence-electron chi connectivity index (χ3n) is 4.10. The smallest absolute Gasteiger partial charge is 0.317 e. The predicted molar refractivity (Wildman–Crippen MR) is 75.2 cm³/mol. The molecule has 0 spiro atoms. The van der Waals surface area contributed by atoms with Crippen LogP contribution in [-0.2, 0) is 4.79 Å². The van der Waals surface area contributed by atoms with E-state index in [2.05, 4.69) is 17.0 Å². The Labute approximate surface area is 118 Å². The van der Waals surface area contributed by atoms with Crippen LogP contribution in [0, 0.1) is 0 Å². The molecule has 0 amide bonds. The molecule has 0 bridgehead atoms. The molecule has 0 saturated carbocycles. The summed E-state index contributed by atoms with van der Waals surface area (Å²) < 4.78 is 5.71. The first-order valence-corrected chi connectivity index (χ1v) is 7.10. The van der Waals surface area contributed by atoms with Gasteiger partial charge in [0.1, 0.15) is 5.75 Å². The molecule has 5 nitrogen and oxygen atoms in total. The molecule has 0 aromatic heterocycles. The van der Waals surface area contributed by atoms with E-state index in [1.54, 1.807) is 0 Å². The number of carboxylic acid groups (broad SMARTS) is 1. The summed E-state index contributed by atoms with van der Waals surface area (Å²) in [4.78, 5) is 15.1. The molecular weight excluding hydrogens is 256 g/mol. The Bertz CT molecular complexity index is 484. The summed E-state index contributed by atoms with van der Waals surface area (Å²) in [5, 5.41) is 8.80. The van der Waals surface area contributed by atoms with E-state index >= 15 is 0 Å². The summed E-state index contributed by atoms with van der Waals surface area (Å²) in [5.74, 6) is 0.718. The number of hydrogen-bond acceptors (Lipinski definition) is 4. The Balaban J connectivity index is 1.52. The van der Waals surface area contributed by atoms with Crippen molar-refractivity contribution in [1.82, 2.24) is 9.80 Å². The molecule has 3 rings (SSSR count). The molecule has 0 radical (unpaired) electrons. The predicted octanol–water partition coefficient (Wildman–Crippen LogP) is 0.865. The van der Waals surface area contributed by atoms with Crippen molar-refractivity contribution >= 4 is 5.97 Å². The van der Waals surface area contributed by atoms with Crippen LogP contribution in [0.3, 0.4) is 0 Å². The van der Waals surface area contributed by atoms with Crippen LogP contribution in [0.25, 0.3) is 0 Å². The summed E-state index contributed by atoms with van der Waals surface area (Å²) in [6.45, 7) is 5.46. The van der Waals surface area contributed by atoms with Crippen molar-refractivity contribution in [1.29, 1.82) is 0 Å². The van der Waals surface area contributed by atoms with Crippen LogP contribution in [-0.4, -0.2) is 66.8 Å². The van der Waals surface area contributed by atoms with Crippen molar-refractivity contribution in [2.45, 2.75) is 5.92 Å². The maximum atomic E-state index is 10.7. The van der Waals surface area contributed by atoms with Crippen LogP contribution < -0.4 is 4.74 Å². The van der Waals surface area contributed by atoms with E-state index in [4.69, 9.17) is 9.84 Å². The van der Waals surface area contributed by atoms with Gasteiger partial charge in [-0.2, -0.15) is 0 Å². The molecule has 2 heterocycles. The van der Waals surface area contributed by atoms with Crippen molar-refractivity contribution in [2.75, 3.05) is 45.9 Å². The largest absolute Gasteiger partial charge is 0.493 e. The standard InChI is InChI=1S/C15H20N2O3/c18-15(19)10-17-7-5-16(6-8-17)9-12-11-20-14-4-2-1-3-13(12)14/h1-4,12H,5-11H2,(H,18,19). The summed E-state index contributed by atoms with van der Waals surface area (Å²) in [7, 11) is 0. The van der Waals surface area contributed by atoms with Gasteiger partial charge in [0.15, 0.2) is 0 Å². The maximum absolute atomic E-state index is 10.7. The van der Waals surface area contributed by atoms with Gasteiger partial charge >= 0.3 is 5.97 Å². The lowest BCUT2D eigenvalue weighted by atomic mass is 10.0. The van der Waals surface area contributed by atoms with E-state index in [-0.39, 0.29) is 6.54 Å². The number of fused-ring (bicyclic) bond motifs is 1. The summed E-state index contributed by atoms with van der Waals surface area (Å²) >= 11 is 0. The molecule has 2 aliphatic heterocycles. The number of nitrogens with zero attached hydrogens (tertiary/aromatic N) is 2. The summed E-state index contributed by atoms with van der Waals surface area (Å²) in [6, 6.07) is 8.24. The second-order valence-electron chi connectivity index (χ2n) is 5.52. The molecule has 1 aromatic rings.